The monoisotopic (exact) mass is 412 g/mol. The van der Waals surface area contributed by atoms with Gasteiger partial charge in [-0.25, -0.2) is 5.01 Å². The second-order valence-corrected chi connectivity index (χ2v) is 8.32. The van der Waals surface area contributed by atoms with Gasteiger partial charge in [0.25, 0.3) is 5.91 Å². The summed E-state index contributed by atoms with van der Waals surface area (Å²) in [5.74, 6) is -0.0521. The normalized spacial score (nSPS) is 19.1. The van der Waals surface area contributed by atoms with Crippen molar-refractivity contribution < 1.29 is 9.59 Å². The van der Waals surface area contributed by atoms with Gasteiger partial charge in [-0.15, -0.1) is 0 Å². The molecule has 2 heterocycles. The Hall–Kier alpha value is -2.60. The van der Waals surface area contributed by atoms with E-state index >= 15 is 0 Å². The van der Waals surface area contributed by atoms with Crippen molar-refractivity contribution in [3.05, 3.63) is 58.9 Å². The number of benzene rings is 1. The first-order chi connectivity index (χ1) is 13.9. The van der Waals surface area contributed by atoms with E-state index in [0.717, 1.165) is 36.2 Å². The van der Waals surface area contributed by atoms with Crippen molar-refractivity contribution in [2.45, 2.75) is 31.7 Å². The lowest BCUT2D eigenvalue weighted by Crippen LogP contribution is -2.42. The maximum atomic E-state index is 13.1. The average Bonchev–Trinajstić information content (AvgIpc) is 3.27. The molecule has 0 spiro atoms. The van der Waals surface area contributed by atoms with E-state index in [1.807, 2.05) is 54.2 Å². The Labute approximate surface area is 175 Å². The first-order valence-electron chi connectivity index (χ1n) is 9.95. The van der Waals surface area contributed by atoms with E-state index in [1.165, 1.54) is 5.01 Å². The summed E-state index contributed by atoms with van der Waals surface area (Å²) in [6, 6.07) is 11.3. The molecular weight excluding hydrogens is 388 g/mol. The minimum atomic E-state index is -0.211. The smallest absolute Gasteiger partial charge is 0.262 e. The Balaban J connectivity index is 1.57. The lowest BCUT2D eigenvalue weighted by molar-refractivity contribution is -0.144. The van der Waals surface area contributed by atoms with Crippen LogP contribution < -0.4 is 0 Å². The number of amides is 2. The standard InChI is InChI=1S/C22H25ClN4O2/c1-25-12-4-7-19(25)18-13-20(15-8-10-17(23)11-9-15)27(24-18)21(28)14-26(2)22(29)16-5-3-6-16/h4,7-12,16,20H,3,5-6,13-14H2,1-2H3. The summed E-state index contributed by atoms with van der Waals surface area (Å²) in [5.41, 5.74) is 2.82. The van der Waals surface area contributed by atoms with Crippen molar-refractivity contribution in [2.24, 2.45) is 18.1 Å². The number of halogens is 1. The quantitative estimate of drug-likeness (QED) is 0.753. The molecule has 4 rings (SSSR count). The van der Waals surface area contributed by atoms with Gasteiger partial charge in [0.2, 0.25) is 5.91 Å². The van der Waals surface area contributed by atoms with Crippen LogP contribution in [-0.4, -0.2) is 45.6 Å². The van der Waals surface area contributed by atoms with Crippen molar-refractivity contribution in [2.75, 3.05) is 13.6 Å². The van der Waals surface area contributed by atoms with Gasteiger partial charge >= 0.3 is 0 Å². The lowest BCUT2D eigenvalue weighted by Gasteiger charge is -2.30. The van der Waals surface area contributed by atoms with Gasteiger partial charge in [0.15, 0.2) is 0 Å². The summed E-state index contributed by atoms with van der Waals surface area (Å²) >= 11 is 6.04. The van der Waals surface area contributed by atoms with Crippen molar-refractivity contribution >= 4 is 29.1 Å². The lowest BCUT2D eigenvalue weighted by atomic mass is 9.84. The molecule has 1 unspecified atom stereocenters. The fraction of sp³-hybridized carbons (Fsp3) is 0.409. The van der Waals surface area contributed by atoms with Gasteiger partial charge in [0, 0.05) is 37.7 Å². The second kappa shape index (κ2) is 8.03. The Morgan fingerprint density at radius 3 is 2.52 bits per heavy atom. The van der Waals surface area contributed by atoms with Crippen LogP contribution in [-0.2, 0) is 16.6 Å². The summed E-state index contributed by atoms with van der Waals surface area (Å²) in [6.45, 7) is 0.0311. The number of rotatable bonds is 5. The van der Waals surface area contributed by atoms with Gasteiger partial charge in [-0.2, -0.15) is 5.10 Å². The highest BCUT2D eigenvalue weighted by Gasteiger charge is 2.35. The number of aromatic nitrogens is 1. The fourth-order valence-electron chi connectivity index (χ4n) is 3.92. The van der Waals surface area contributed by atoms with E-state index < -0.39 is 0 Å². The van der Waals surface area contributed by atoms with Gasteiger partial charge in [-0.1, -0.05) is 30.2 Å². The predicted octanol–water partition coefficient (Wildman–Crippen LogP) is 3.61. The molecule has 2 amide bonds. The molecular formula is C22H25ClN4O2. The fourth-order valence-corrected chi connectivity index (χ4v) is 4.05. The predicted molar refractivity (Wildman–Crippen MR) is 113 cm³/mol. The highest BCUT2D eigenvalue weighted by Crippen LogP contribution is 2.34. The minimum Gasteiger partial charge on any atom is -0.350 e. The third-order valence-electron chi connectivity index (χ3n) is 5.86. The van der Waals surface area contributed by atoms with Crippen molar-refractivity contribution in [3.63, 3.8) is 0 Å². The molecule has 29 heavy (non-hydrogen) atoms. The molecule has 7 heteroatoms. The maximum Gasteiger partial charge on any atom is 0.262 e. The molecule has 1 aliphatic heterocycles. The average molecular weight is 413 g/mol. The molecule has 0 N–H and O–H groups in total. The highest BCUT2D eigenvalue weighted by atomic mass is 35.5. The zero-order chi connectivity index (χ0) is 20.5. The number of aryl methyl sites for hydroxylation is 1. The van der Waals surface area contributed by atoms with Gasteiger partial charge in [-0.05, 0) is 42.7 Å². The molecule has 1 aromatic carbocycles. The summed E-state index contributed by atoms with van der Waals surface area (Å²) in [6.07, 6.45) is 5.51. The third kappa shape index (κ3) is 3.94. The molecule has 2 aliphatic rings. The van der Waals surface area contributed by atoms with Crippen LogP contribution in [0.4, 0.5) is 0 Å². The molecule has 0 bridgehead atoms. The van der Waals surface area contributed by atoms with E-state index in [9.17, 15) is 9.59 Å². The molecule has 1 fully saturated rings. The molecule has 0 radical (unpaired) electrons. The number of hydrogen-bond acceptors (Lipinski definition) is 3. The molecule has 2 aromatic rings. The van der Waals surface area contributed by atoms with Crippen LogP contribution in [0, 0.1) is 5.92 Å². The number of likely N-dealkylation sites (N-methyl/N-ethyl adjacent to an activating group) is 1. The largest absolute Gasteiger partial charge is 0.350 e. The van der Waals surface area contributed by atoms with E-state index in [0.29, 0.717) is 11.4 Å². The van der Waals surface area contributed by atoms with E-state index in [1.54, 1.807) is 11.9 Å². The van der Waals surface area contributed by atoms with Gasteiger partial charge in [0.05, 0.1) is 17.4 Å². The van der Waals surface area contributed by atoms with Gasteiger partial charge < -0.3 is 9.47 Å². The first-order valence-corrected chi connectivity index (χ1v) is 10.3. The number of hydrazone groups is 1. The molecule has 6 nitrogen and oxygen atoms in total. The van der Waals surface area contributed by atoms with Crippen LogP contribution in [0.3, 0.4) is 0 Å². The van der Waals surface area contributed by atoms with Crippen LogP contribution >= 0.6 is 11.6 Å². The zero-order valence-electron chi connectivity index (χ0n) is 16.7. The zero-order valence-corrected chi connectivity index (χ0v) is 17.5. The minimum absolute atomic E-state index is 0.0311. The first kappa shape index (κ1) is 19.7. The third-order valence-corrected chi connectivity index (χ3v) is 6.12. The molecule has 1 saturated carbocycles. The molecule has 1 aromatic heterocycles. The second-order valence-electron chi connectivity index (χ2n) is 7.88. The molecule has 1 atom stereocenters. The summed E-state index contributed by atoms with van der Waals surface area (Å²) in [4.78, 5) is 27.1. The van der Waals surface area contributed by atoms with Crippen molar-refractivity contribution in [3.8, 4) is 0 Å². The molecule has 152 valence electrons. The Morgan fingerprint density at radius 2 is 1.93 bits per heavy atom. The summed E-state index contributed by atoms with van der Waals surface area (Å²) in [5, 5.41) is 6.86. The van der Waals surface area contributed by atoms with Crippen LogP contribution in [0.5, 0.6) is 0 Å². The van der Waals surface area contributed by atoms with E-state index in [-0.39, 0.29) is 30.3 Å². The summed E-state index contributed by atoms with van der Waals surface area (Å²) < 4.78 is 2.00. The van der Waals surface area contributed by atoms with Gasteiger partial charge in [-0.3, -0.25) is 9.59 Å². The Kier molecular flexibility index (Phi) is 5.46. The van der Waals surface area contributed by atoms with Crippen LogP contribution in [0.25, 0.3) is 0 Å². The molecule has 0 saturated heterocycles. The van der Waals surface area contributed by atoms with Crippen LogP contribution in [0.15, 0.2) is 47.7 Å². The Morgan fingerprint density at radius 1 is 1.21 bits per heavy atom. The van der Waals surface area contributed by atoms with Crippen LogP contribution in [0.2, 0.25) is 5.02 Å². The SMILES string of the molecule is CN(CC(=O)N1N=C(c2cccn2C)CC1c1ccc(Cl)cc1)C(=O)C1CCC1. The van der Waals surface area contributed by atoms with E-state index in [2.05, 4.69) is 5.10 Å². The topological polar surface area (TPSA) is 57.9 Å². The number of carbonyl (C=O) groups excluding carboxylic acids is 2. The molecule has 1 aliphatic carbocycles. The van der Waals surface area contributed by atoms with Crippen molar-refractivity contribution in [1.82, 2.24) is 14.5 Å². The Bertz CT molecular complexity index is 946. The van der Waals surface area contributed by atoms with Crippen LogP contribution in [0.1, 0.15) is 43.0 Å². The number of nitrogens with zero attached hydrogens (tertiary/aromatic N) is 4. The number of hydrogen-bond donors (Lipinski definition) is 0. The van der Waals surface area contributed by atoms with E-state index in [4.69, 9.17) is 11.6 Å². The van der Waals surface area contributed by atoms with Gasteiger partial charge in [0.1, 0.15) is 6.54 Å². The summed E-state index contributed by atoms with van der Waals surface area (Å²) in [7, 11) is 3.67. The number of carbonyl (C=O) groups is 2. The highest BCUT2D eigenvalue weighted by molar-refractivity contribution is 6.30. The maximum absolute atomic E-state index is 13.1. The van der Waals surface area contributed by atoms with Crippen molar-refractivity contribution in [1.29, 1.82) is 0 Å².